The van der Waals surface area contributed by atoms with Gasteiger partial charge in [-0.2, -0.15) is 0 Å². The fourth-order valence-electron chi connectivity index (χ4n) is 2.60. The normalized spacial score (nSPS) is 33.7. The molecule has 2 fully saturated rings. The molecule has 0 aromatic rings. The van der Waals surface area contributed by atoms with Crippen LogP contribution in [-0.4, -0.2) is 41.7 Å². The molecule has 2 unspecified atom stereocenters. The summed E-state index contributed by atoms with van der Waals surface area (Å²) in [6, 6.07) is 0.0416. The van der Waals surface area contributed by atoms with Gasteiger partial charge in [0.15, 0.2) is 0 Å². The predicted octanol–water partition coefficient (Wildman–Crippen LogP) is 0.520. The molecule has 4 nitrogen and oxygen atoms in total. The van der Waals surface area contributed by atoms with E-state index in [-0.39, 0.29) is 12.0 Å². The Morgan fingerprint density at radius 3 is 2.67 bits per heavy atom. The van der Waals surface area contributed by atoms with Crippen molar-refractivity contribution in [2.75, 3.05) is 19.6 Å². The number of likely N-dealkylation sites (tertiary alicyclic amines) is 1. The molecule has 2 aliphatic rings. The Hall–Kier alpha value is -0.610. The predicted molar refractivity (Wildman–Crippen MR) is 57.5 cm³/mol. The first-order chi connectivity index (χ1) is 7.15. The van der Waals surface area contributed by atoms with Crippen LogP contribution in [0, 0.1) is 11.8 Å². The first-order valence-electron chi connectivity index (χ1n) is 5.86. The van der Waals surface area contributed by atoms with E-state index in [4.69, 9.17) is 10.8 Å². The van der Waals surface area contributed by atoms with Crippen LogP contribution in [0.2, 0.25) is 0 Å². The Morgan fingerprint density at radius 1 is 1.40 bits per heavy atom. The van der Waals surface area contributed by atoms with Gasteiger partial charge in [-0.3, -0.25) is 4.79 Å². The first kappa shape index (κ1) is 10.9. The van der Waals surface area contributed by atoms with Crippen LogP contribution in [0.3, 0.4) is 0 Å². The molecule has 4 heteroatoms. The van der Waals surface area contributed by atoms with E-state index in [1.807, 2.05) is 0 Å². The van der Waals surface area contributed by atoms with E-state index in [2.05, 4.69) is 4.90 Å². The van der Waals surface area contributed by atoms with Crippen LogP contribution in [-0.2, 0) is 4.79 Å². The van der Waals surface area contributed by atoms with E-state index >= 15 is 0 Å². The lowest BCUT2D eigenvalue weighted by Crippen LogP contribution is -2.50. The highest BCUT2D eigenvalue weighted by Crippen LogP contribution is 2.28. The van der Waals surface area contributed by atoms with Gasteiger partial charge in [-0.05, 0) is 25.2 Å². The van der Waals surface area contributed by atoms with Gasteiger partial charge < -0.3 is 15.7 Å². The van der Waals surface area contributed by atoms with Crippen molar-refractivity contribution >= 4 is 5.97 Å². The molecule has 1 aliphatic carbocycles. The van der Waals surface area contributed by atoms with Gasteiger partial charge in [0.25, 0.3) is 0 Å². The van der Waals surface area contributed by atoms with E-state index in [9.17, 15) is 4.79 Å². The molecule has 1 saturated heterocycles. The van der Waals surface area contributed by atoms with Crippen molar-refractivity contribution in [2.45, 2.75) is 31.7 Å². The summed E-state index contributed by atoms with van der Waals surface area (Å²) in [5.74, 6) is -0.151. The first-order valence-corrected chi connectivity index (χ1v) is 5.86. The topological polar surface area (TPSA) is 66.6 Å². The van der Waals surface area contributed by atoms with Crippen LogP contribution < -0.4 is 5.73 Å². The highest BCUT2D eigenvalue weighted by atomic mass is 16.4. The number of nitrogens with zero attached hydrogens (tertiary/aromatic N) is 1. The van der Waals surface area contributed by atoms with E-state index in [0.29, 0.717) is 13.0 Å². The molecule has 0 amide bonds. The lowest BCUT2D eigenvalue weighted by atomic mass is 9.84. The molecule has 0 aromatic carbocycles. The average Bonchev–Trinajstić information content (AvgIpc) is 2.10. The van der Waals surface area contributed by atoms with Crippen LogP contribution in [0.15, 0.2) is 0 Å². The Labute approximate surface area is 90.4 Å². The third-order valence-electron chi connectivity index (χ3n) is 3.65. The summed E-state index contributed by atoms with van der Waals surface area (Å²) in [7, 11) is 0. The van der Waals surface area contributed by atoms with Crippen molar-refractivity contribution in [3.63, 3.8) is 0 Å². The molecule has 2 atom stereocenters. The Balaban J connectivity index is 1.85. The minimum absolute atomic E-state index is 0.0416. The number of aliphatic carboxylic acids is 1. The Kier molecular flexibility index (Phi) is 3.26. The summed E-state index contributed by atoms with van der Waals surface area (Å²) in [6.07, 6.45) is 4.59. The van der Waals surface area contributed by atoms with E-state index < -0.39 is 5.97 Å². The second-order valence-electron chi connectivity index (χ2n) is 5.05. The standard InChI is InChI=1S/C11H20N2O2/c12-10-4-9(11(14)15)6-13(7-10)5-8-2-1-3-8/h8-10H,1-7,12H2,(H,14,15). The molecule has 0 radical (unpaired) electrons. The van der Waals surface area contributed by atoms with Crippen molar-refractivity contribution in [1.82, 2.24) is 4.90 Å². The molecule has 1 heterocycles. The van der Waals surface area contributed by atoms with Crippen LogP contribution in [0.5, 0.6) is 0 Å². The number of piperidine rings is 1. The van der Waals surface area contributed by atoms with Gasteiger partial charge >= 0.3 is 5.97 Å². The summed E-state index contributed by atoms with van der Waals surface area (Å²) in [6.45, 7) is 2.62. The lowest BCUT2D eigenvalue weighted by Gasteiger charge is -2.38. The van der Waals surface area contributed by atoms with Crippen molar-refractivity contribution in [1.29, 1.82) is 0 Å². The molecule has 0 bridgehead atoms. The average molecular weight is 212 g/mol. The fourth-order valence-corrected chi connectivity index (χ4v) is 2.60. The van der Waals surface area contributed by atoms with Crippen molar-refractivity contribution in [3.8, 4) is 0 Å². The second kappa shape index (κ2) is 4.49. The van der Waals surface area contributed by atoms with E-state index in [1.54, 1.807) is 0 Å². The number of carboxylic acid groups (broad SMARTS) is 1. The maximum Gasteiger partial charge on any atom is 0.307 e. The largest absolute Gasteiger partial charge is 0.481 e. The van der Waals surface area contributed by atoms with Gasteiger partial charge in [0, 0.05) is 25.7 Å². The van der Waals surface area contributed by atoms with Crippen LogP contribution in [0.1, 0.15) is 25.7 Å². The van der Waals surface area contributed by atoms with E-state index in [1.165, 1.54) is 19.3 Å². The highest BCUT2D eigenvalue weighted by Gasteiger charge is 2.31. The van der Waals surface area contributed by atoms with Gasteiger partial charge in [0.05, 0.1) is 5.92 Å². The summed E-state index contributed by atoms with van der Waals surface area (Å²) in [4.78, 5) is 13.2. The summed E-state index contributed by atoms with van der Waals surface area (Å²) < 4.78 is 0. The highest BCUT2D eigenvalue weighted by molar-refractivity contribution is 5.70. The lowest BCUT2D eigenvalue weighted by molar-refractivity contribution is -0.144. The Bertz CT molecular complexity index is 241. The van der Waals surface area contributed by atoms with Gasteiger partial charge in [-0.1, -0.05) is 6.42 Å². The quantitative estimate of drug-likeness (QED) is 0.715. The van der Waals surface area contributed by atoms with Crippen molar-refractivity contribution in [2.24, 2.45) is 17.6 Å². The van der Waals surface area contributed by atoms with Crippen molar-refractivity contribution < 1.29 is 9.90 Å². The molecule has 15 heavy (non-hydrogen) atoms. The zero-order valence-electron chi connectivity index (χ0n) is 9.06. The molecule has 0 aromatic heterocycles. The monoisotopic (exact) mass is 212 g/mol. The molecule has 3 N–H and O–H groups in total. The smallest absolute Gasteiger partial charge is 0.307 e. The molecule has 1 aliphatic heterocycles. The van der Waals surface area contributed by atoms with Gasteiger partial charge in [0.2, 0.25) is 0 Å². The third kappa shape index (κ3) is 2.69. The third-order valence-corrected chi connectivity index (χ3v) is 3.65. The van der Waals surface area contributed by atoms with Gasteiger partial charge in [0.1, 0.15) is 0 Å². The number of carbonyl (C=O) groups is 1. The second-order valence-corrected chi connectivity index (χ2v) is 5.05. The summed E-state index contributed by atoms with van der Waals surface area (Å²) >= 11 is 0. The fraction of sp³-hybridized carbons (Fsp3) is 0.909. The van der Waals surface area contributed by atoms with Gasteiger partial charge in [-0.15, -0.1) is 0 Å². The molecule has 2 rings (SSSR count). The number of carboxylic acids is 1. The zero-order chi connectivity index (χ0) is 10.8. The number of hydrogen-bond donors (Lipinski definition) is 2. The summed E-state index contributed by atoms with van der Waals surface area (Å²) in [5, 5.41) is 9.00. The minimum Gasteiger partial charge on any atom is -0.481 e. The maximum atomic E-state index is 10.9. The number of hydrogen-bond acceptors (Lipinski definition) is 3. The van der Waals surface area contributed by atoms with Crippen LogP contribution >= 0.6 is 0 Å². The molecule has 1 saturated carbocycles. The van der Waals surface area contributed by atoms with Crippen LogP contribution in [0.25, 0.3) is 0 Å². The maximum absolute atomic E-state index is 10.9. The molecular formula is C11H20N2O2. The SMILES string of the molecule is NC1CC(C(=O)O)CN(CC2CCC2)C1. The minimum atomic E-state index is -0.691. The molecular weight excluding hydrogens is 192 g/mol. The number of nitrogens with two attached hydrogens (primary N) is 1. The molecule has 86 valence electrons. The van der Waals surface area contributed by atoms with Crippen LogP contribution in [0.4, 0.5) is 0 Å². The molecule has 0 spiro atoms. The Morgan fingerprint density at radius 2 is 2.13 bits per heavy atom. The van der Waals surface area contributed by atoms with Crippen molar-refractivity contribution in [3.05, 3.63) is 0 Å². The number of rotatable bonds is 3. The van der Waals surface area contributed by atoms with Gasteiger partial charge in [-0.25, -0.2) is 0 Å². The van der Waals surface area contributed by atoms with E-state index in [0.717, 1.165) is 19.0 Å². The summed E-state index contributed by atoms with van der Waals surface area (Å²) in [5.41, 5.74) is 5.88. The zero-order valence-corrected chi connectivity index (χ0v) is 9.06.